The van der Waals surface area contributed by atoms with Gasteiger partial charge in [-0.2, -0.15) is 4.98 Å². The summed E-state index contributed by atoms with van der Waals surface area (Å²) in [5.41, 5.74) is 3.15. The number of nitrogens with one attached hydrogen (secondary N) is 1. The fraction of sp³-hybridized carbons (Fsp3) is 0.238. The molecule has 1 aliphatic rings. The molecule has 1 heterocycles. The van der Waals surface area contributed by atoms with Crippen LogP contribution in [0.4, 0.5) is 11.6 Å². The molecule has 0 unspecified atom stereocenters. The number of benzene rings is 2. The van der Waals surface area contributed by atoms with Crippen LogP contribution in [-0.2, 0) is 12.8 Å². The lowest BCUT2D eigenvalue weighted by molar-refractivity contribution is 0.387. The van der Waals surface area contributed by atoms with E-state index in [-0.39, 0.29) is 0 Å². The third-order valence-corrected chi connectivity index (χ3v) is 4.43. The number of para-hydroxylation sites is 1. The maximum Gasteiger partial charge on any atom is 0.230 e. The third kappa shape index (κ3) is 3.61. The van der Waals surface area contributed by atoms with E-state index in [4.69, 9.17) is 9.47 Å². The highest BCUT2D eigenvalue weighted by Gasteiger charge is 2.18. The van der Waals surface area contributed by atoms with Gasteiger partial charge < -0.3 is 14.8 Å². The Balaban J connectivity index is 1.50. The maximum atomic E-state index is 5.82. The van der Waals surface area contributed by atoms with Crippen molar-refractivity contribution in [3.63, 3.8) is 0 Å². The minimum Gasteiger partial charge on any atom is -0.481 e. The van der Waals surface area contributed by atoms with E-state index in [1.807, 2.05) is 54.6 Å². The Hall–Kier alpha value is -3.08. The minimum atomic E-state index is 0.569. The lowest BCUT2D eigenvalue weighted by Gasteiger charge is -2.18. The molecule has 0 radical (unpaired) electrons. The fourth-order valence-electron chi connectivity index (χ4n) is 3.14. The van der Waals surface area contributed by atoms with Crippen LogP contribution in [0.25, 0.3) is 0 Å². The van der Waals surface area contributed by atoms with Crippen molar-refractivity contribution in [2.75, 3.05) is 12.4 Å². The summed E-state index contributed by atoms with van der Waals surface area (Å²) in [7, 11) is 1.66. The standard InChI is InChI=1S/C21H21N3O2/c1-25-20-18-9-5-6-10-19(18)23-21(24-20)22-15-11-13-17(14-12-15)26-16-7-3-2-4-8-16/h2-4,7-8,11-14H,5-6,9-10H2,1H3,(H,22,23,24). The van der Waals surface area contributed by atoms with Gasteiger partial charge in [-0.05, 0) is 62.1 Å². The van der Waals surface area contributed by atoms with Crippen LogP contribution < -0.4 is 14.8 Å². The van der Waals surface area contributed by atoms with Gasteiger partial charge in [0.25, 0.3) is 0 Å². The van der Waals surface area contributed by atoms with Gasteiger partial charge in [-0.1, -0.05) is 18.2 Å². The van der Waals surface area contributed by atoms with Gasteiger partial charge in [-0.25, -0.2) is 4.98 Å². The Labute approximate surface area is 153 Å². The summed E-state index contributed by atoms with van der Waals surface area (Å²) in [5, 5.41) is 3.26. The Morgan fingerprint density at radius 2 is 1.58 bits per heavy atom. The SMILES string of the molecule is COc1nc(Nc2ccc(Oc3ccccc3)cc2)nc2c1CCCC2. The zero-order chi connectivity index (χ0) is 17.8. The first kappa shape index (κ1) is 16.4. The molecule has 0 saturated heterocycles. The number of hydrogen-bond donors (Lipinski definition) is 1. The van der Waals surface area contributed by atoms with Crippen molar-refractivity contribution < 1.29 is 9.47 Å². The molecule has 1 aliphatic carbocycles. The zero-order valence-electron chi connectivity index (χ0n) is 14.7. The molecule has 0 atom stereocenters. The number of rotatable bonds is 5. The van der Waals surface area contributed by atoms with Gasteiger partial charge in [0.1, 0.15) is 11.5 Å². The van der Waals surface area contributed by atoms with E-state index in [1.54, 1.807) is 7.11 Å². The lowest BCUT2D eigenvalue weighted by atomic mass is 9.97. The van der Waals surface area contributed by atoms with Crippen LogP contribution in [0.2, 0.25) is 0 Å². The summed E-state index contributed by atoms with van der Waals surface area (Å²) in [6, 6.07) is 17.5. The predicted molar refractivity (Wildman–Crippen MR) is 101 cm³/mol. The molecule has 0 amide bonds. The molecule has 0 bridgehead atoms. The van der Waals surface area contributed by atoms with Crippen molar-refractivity contribution in [2.24, 2.45) is 0 Å². The van der Waals surface area contributed by atoms with Gasteiger partial charge in [-0.15, -0.1) is 0 Å². The molecule has 2 aromatic carbocycles. The monoisotopic (exact) mass is 347 g/mol. The van der Waals surface area contributed by atoms with E-state index in [2.05, 4.69) is 15.3 Å². The quantitative estimate of drug-likeness (QED) is 0.711. The Morgan fingerprint density at radius 1 is 0.846 bits per heavy atom. The molecular formula is C21H21N3O2. The summed E-state index contributed by atoms with van der Waals surface area (Å²) in [5.74, 6) is 2.85. The Bertz CT molecular complexity index is 863. The molecule has 3 aromatic rings. The molecule has 26 heavy (non-hydrogen) atoms. The van der Waals surface area contributed by atoms with Crippen LogP contribution in [0.15, 0.2) is 54.6 Å². The van der Waals surface area contributed by atoms with Crippen molar-refractivity contribution in [3.05, 3.63) is 65.9 Å². The average molecular weight is 347 g/mol. The third-order valence-electron chi connectivity index (χ3n) is 4.43. The van der Waals surface area contributed by atoms with E-state index in [0.29, 0.717) is 11.8 Å². The number of aromatic nitrogens is 2. The van der Waals surface area contributed by atoms with Crippen LogP contribution in [0.5, 0.6) is 17.4 Å². The van der Waals surface area contributed by atoms with E-state index in [1.165, 1.54) is 6.42 Å². The van der Waals surface area contributed by atoms with Crippen molar-refractivity contribution in [1.82, 2.24) is 9.97 Å². The summed E-state index contributed by atoms with van der Waals surface area (Å²) >= 11 is 0. The molecule has 1 N–H and O–H groups in total. The number of ether oxygens (including phenoxy) is 2. The summed E-state index contributed by atoms with van der Waals surface area (Å²) in [4.78, 5) is 9.19. The molecule has 5 nitrogen and oxygen atoms in total. The molecule has 0 saturated carbocycles. The largest absolute Gasteiger partial charge is 0.481 e. The molecule has 0 spiro atoms. The van der Waals surface area contributed by atoms with Gasteiger partial charge in [0, 0.05) is 11.3 Å². The maximum absolute atomic E-state index is 5.82. The van der Waals surface area contributed by atoms with Gasteiger partial charge in [0.15, 0.2) is 0 Å². The van der Waals surface area contributed by atoms with Crippen LogP contribution in [0.3, 0.4) is 0 Å². The predicted octanol–water partition coefficient (Wildman–Crippen LogP) is 4.90. The van der Waals surface area contributed by atoms with E-state index >= 15 is 0 Å². The second-order valence-corrected chi connectivity index (χ2v) is 6.25. The number of aryl methyl sites for hydroxylation is 1. The molecule has 4 rings (SSSR count). The van der Waals surface area contributed by atoms with Crippen LogP contribution in [0.1, 0.15) is 24.1 Å². The zero-order valence-corrected chi connectivity index (χ0v) is 14.7. The second-order valence-electron chi connectivity index (χ2n) is 6.25. The van der Waals surface area contributed by atoms with Crippen LogP contribution >= 0.6 is 0 Å². The van der Waals surface area contributed by atoms with Gasteiger partial charge in [0.05, 0.1) is 12.8 Å². The number of fused-ring (bicyclic) bond motifs is 1. The molecule has 1 aromatic heterocycles. The topological polar surface area (TPSA) is 56.3 Å². The second kappa shape index (κ2) is 7.44. The highest BCUT2D eigenvalue weighted by molar-refractivity contribution is 5.56. The van der Waals surface area contributed by atoms with Gasteiger partial charge in [-0.3, -0.25) is 0 Å². The minimum absolute atomic E-state index is 0.569. The average Bonchev–Trinajstić information content (AvgIpc) is 2.69. The van der Waals surface area contributed by atoms with Gasteiger partial charge in [0.2, 0.25) is 11.8 Å². The Kier molecular flexibility index (Phi) is 4.69. The molecule has 0 aliphatic heterocycles. The fourth-order valence-corrected chi connectivity index (χ4v) is 3.14. The number of hydrogen-bond acceptors (Lipinski definition) is 5. The summed E-state index contributed by atoms with van der Waals surface area (Å²) in [6.45, 7) is 0. The van der Waals surface area contributed by atoms with Crippen molar-refractivity contribution >= 4 is 11.6 Å². The number of anilines is 2. The first-order chi connectivity index (χ1) is 12.8. The highest BCUT2D eigenvalue weighted by Crippen LogP contribution is 2.29. The van der Waals surface area contributed by atoms with Crippen LogP contribution in [0, 0.1) is 0 Å². The van der Waals surface area contributed by atoms with Crippen molar-refractivity contribution in [1.29, 1.82) is 0 Å². The van der Waals surface area contributed by atoms with E-state index in [9.17, 15) is 0 Å². The Morgan fingerprint density at radius 3 is 2.35 bits per heavy atom. The number of methoxy groups -OCH3 is 1. The number of nitrogens with zero attached hydrogens (tertiary/aromatic N) is 2. The summed E-state index contributed by atoms with van der Waals surface area (Å²) < 4.78 is 11.3. The first-order valence-electron chi connectivity index (χ1n) is 8.85. The highest BCUT2D eigenvalue weighted by atomic mass is 16.5. The van der Waals surface area contributed by atoms with Crippen molar-refractivity contribution in [3.8, 4) is 17.4 Å². The van der Waals surface area contributed by atoms with Gasteiger partial charge >= 0.3 is 0 Å². The molecule has 0 fully saturated rings. The van der Waals surface area contributed by atoms with E-state index < -0.39 is 0 Å². The lowest BCUT2D eigenvalue weighted by Crippen LogP contribution is -2.11. The molecule has 5 heteroatoms. The molecule has 132 valence electrons. The molecular weight excluding hydrogens is 326 g/mol. The van der Waals surface area contributed by atoms with E-state index in [0.717, 1.165) is 47.7 Å². The van der Waals surface area contributed by atoms with Crippen molar-refractivity contribution in [2.45, 2.75) is 25.7 Å². The first-order valence-corrected chi connectivity index (χ1v) is 8.85. The summed E-state index contributed by atoms with van der Waals surface area (Å²) in [6.07, 6.45) is 4.30. The smallest absolute Gasteiger partial charge is 0.230 e. The normalized spacial score (nSPS) is 13.0. The van der Waals surface area contributed by atoms with Crippen LogP contribution in [-0.4, -0.2) is 17.1 Å².